The van der Waals surface area contributed by atoms with Crippen LogP contribution in [-0.2, 0) is 6.42 Å². The summed E-state index contributed by atoms with van der Waals surface area (Å²) in [6.45, 7) is 1.89. The molecule has 2 N–H and O–H groups in total. The van der Waals surface area contributed by atoms with Gasteiger partial charge in [0, 0.05) is 11.6 Å². The third-order valence-corrected chi connectivity index (χ3v) is 2.96. The quantitative estimate of drug-likeness (QED) is 0.501. The lowest BCUT2D eigenvalue weighted by Crippen LogP contribution is -1.96. The van der Waals surface area contributed by atoms with Crippen molar-refractivity contribution in [3.63, 3.8) is 0 Å². The Labute approximate surface area is 121 Å². The summed E-state index contributed by atoms with van der Waals surface area (Å²) in [5.41, 5.74) is 4.35. The fourth-order valence-corrected chi connectivity index (χ4v) is 1.83. The van der Waals surface area contributed by atoms with E-state index in [0.717, 1.165) is 11.3 Å². The Kier molecular flexibility index (Phi) is 4.50. The highest BCUT2D eigenvalue weighted by Gasteiger charge is 2.17. The lowest BCUT2D eigenvalue weighted by atomic mass is 10.1. The Morgan fingerprint density at radius 1 is 1.33 bits per heavy atom. The van der Waals surface area contributed by atoms with Gasteiger partial charge in [-0.05, 0) is 30.2 Å². The number of nitrogens with zero attached hydrogens (tertiary/aromatic N) is 2. The molecule has 0 saturated carbocycles. The summed E-state index contributed by atoms with van der Waals surface area (Å²) in [7, 11) is 0. The predicted octanol–water partition coefficient (Wildman–Crippen LogP) is 3.31. The maximum Gasteiger partial charge on any atom is 0.311 e. The van der Waals surface area contributed by atoms with Gasteiger partial charge >= 0.3 is 5.69 Å². The van der Waals surface area contributed by atoms with Gasteiger partial charge in [0.2, 0.25) is 5.75 Å². The number of hydrogen-bond acceptors (Lipinski definition) is 5. The molecule has 0 unspecified atom stereocenters. The van der Waals surface area contributed by atoms with Crippen LogP contribution in [-0.4, -0.2) is 16.2 Å². The normalized spacial score (nSPS) is 10.7. The fourth-order valence-electron chi connectivity index (χ4n) is 1.83. The summed E-state index contributed by atoms with van der Waals surface area (Å²) < 4.78 is 0. The van der Waals surface area contributed by atoms with E-state index in [9.17, 15) is 15.2 Å². The molecule has 21 heavy (non-hydrogen) atoms. The lowest BCUT2D eigenvalue weighted by Gasteiger charge is -2.04. The molecular formula is C15H15N3O3. The smallest absolute Gasteiger partial charge is 0.311 e. The van der Waals surface area contributed by atoms with Crippen molar-refractivity contribution in [3.05, 3.63) is 63.7 Å². The summed E-state index contributed by atoms with van der Waals surface area (Å²) in [6, 6.07) is 12.3. The molecule has 2 rings (SSSR count). The Bertz CT molecular complexity index is 669. The van der Waals surface area contributed by atoms with Crippen LogP contribution in [0.3, 0.4) is 0 Å². The van der Waals surface area contributed by atoms with Crippen molar-refractivity contribution in [1.82, 2.24) is 0 Å². The van der Waals surface area contributed by atoms with Gasteiger partial charge in [-0.2, -0.15) is 5.10 Å². The highest BCUT2D eigenvalue weighted by molar-refractivity contribution is 5.86. The number of aryl methyl sites for hydroxylation is 1. The van der Waals surface area contributed by atoms with Crippen LogP contribution in [0.2, 0.25) is 0 Å². The molecule has 0 aliphatic rings. The number of hydrogen-bond donors (Lipinski definition) is 2. The van der Waals surface area contributed by atoms with Gasteiger partial charge in [-0.15, -0.1) is 0 Å². The summed E-state index contributed by atoms with van der Waals surface area (Å²) >= 11 is 0. The van der Waals surface area contributed by atoms with Crippen LogP contribution in [0.15, 0.2) is 47.6 Å². The average molecular weight is 285 g/mol. The number of hydrazone groups is 1. The SMILES string of the molecule is CCc1cc(C=NNc2ccccc2)c(O)c([N+](=O)[O-])c1. The molecule has 108 valence electrons. The molecule has 6 nitrogen and oxygen atoms in total. The molecule has 0 bridgehead atoms. The minimum Gasteiger partial charge on any atom is -0.502 e. The van der Waals surface area contributed by atoms with E-state index in [-0.39, 0.29) is 11.4 Å². The van der Waals surface area contributed by atoms with Crippen molar-refractivity contribution in [2.24, 2.45) is 5.10 Å². The van der Waals surface area contributed by atoms with E-state index in [4.69, 9.17) is 0 Å². The number of phenols is 1. The number of anilines is 1. The molecule has 0 amide bonds. The van der Waals surface area contributed by atoms with Crippen molar-refractivity contribution in [2.45, 2.75) is 13.3 Å². The first-order chi connectivity index (χ1) is 10.1. The second-order valence-corrected chi connectivity index (χ2v) is 4.40. The van der Waals surface area contributed by atoms with Crippen molar-refractivity contribution >= 4 is 17.6 Å². The Hall–Kier alpha value is -2.89. The highest BCUT2D eigenvalue weighted by Crippen LogP contribution is 2.30. The first-order valence-electron chi connectivity index (χ1n) is 6.46. The van der Waals surface area contributed by atoms with Crippen molar-refractivity contribution in [2.75, 3.05) is 5.43 Å². The molecule has 0 aromatic heterocycles. The minimum absolute atomic E-state index is 0.310. The van der Waals surface area contributed by atoms with Gasteiger partial charge in [0.15, 0.2) is 0 Å². The second-order valence-electron chi connectivity index (χ2n) is 4.40. The van der Waals surface area contributed by atoms with Crippen molar-refractivity contribution in [1.29, 1.82) is 0 Å². The monoisotopic (exact) mass is 285 g/mol. The minimum atomic E-state index is -0.601. The van der Waals surface area contributed by atoms with E-state index < -0.39 is 4.92 Å². The first kappa shape index (κ1) is 14.5. The van der Waals surface area contributed by atoms with Gasteiger partial charge in [0.05, 0.1) is 16.8 Å². The van der Waals surface area contributed by atoms with Crippen LogP contribution < -0.4 is 5.43 Å². The molecule has 0 aliphatic carbocycles. The van der Waals surface area contributed by atoms with Gasteiger partial charge < -0.3 is 5.11 Å². The highest BCUT2D eigenvalue weighted by atomic mass is 16.6. The molecule has 0 atom stereocenters. The van der Waals surface area contributed by atoms with E-state index in [2.05, 4.69) is 10.5 Å². The van der Waals surface area contributed by atoms with Crippen LogP contribution in [0.1, 0.15) is 18.1 Å². The van der Waals surface area contributed by atoms with E-state index in [1.807, 2.05) is 37.3 Å². The molecular weight excluding hydrogens is 270 g/mol. The van der Waals surface area contributed by atoms with Gasteiger partial charge in [-0.3, -0.25) is 15.5 Å². The predicted molar refractivity (Wildman–Crippen MR) is 81.8 cm³/mol. The summed E-state index contributed by atoms with van der Waals surface area (Å²) in [5, 5.41) is 24.8. The Balaban J connectivity index is 2.26. The number of nitrogens with one attached hydrogen (secondary N) is 1. The number of aromatic hydroxyl groups is 1. The zero-order valence-corrected chi connectivity index (χ0v) is 11.5. The third-order valence-electron chi connectivity index (χ3n) is 2.96. The third kappa shape index (κ3) is 3.56. The maximum absolute atomic E-state index is 10.9. The number of rotatable bonds is 5. The van der Waals surface area contributed by atoms with Crippen molar-refractivity contribution < 1.29 is 10.0 Å². The van der Waals surface area contributed by atoms with Crippen LogP contribution in [0.4, 0.5) is 11.4 Å². The van der Waals surface area contributed by atoms with Gasteiger partial charge in [-0.25, -0.2) is 0 Å². The molecule has 2 aromatic carbocycles. The topological polar surface area (TPSA) is 87.8 Å². The molecule has 6 heteroatoms. The fraction of sp³-hybridized carbons (Fsp3) is 0.133. The molecule has 0 saturated heterocycles. The molecule has 2 aromatic rings. The number of nitro benzene ring substituents is 1. The van der Waals surface area contributed by atoms with Gasteiger partial charge in [-0.1, -0.05) is 25.1 Å². The largest absolute Gasteiger partial charge is 0.502 e. The molecule has 0 heterocycles. The second kappa shape index (κ2) is 6.51. The number of nitro groups is 1. The summed E-state index contributed by atoms with van der Waals surface area (Å²) in [6.07, 6.45) is 2.00. The van der Waals surface area contributed by atoms with Crippen LogP contribution in [0, 0.1) is 10.1 Å². The number of para-hydroxylation sites is 1. The van der Waals surface area contributed by atoms with Crippen molar-refractivity contribution in [3.8, 4) is 5.75 Å². The van der Waals surface area contributed by atoms with E-state index in [1.54, 1.807) is 6.07 Å². The molecule has 0 spiro atoms. The van der Waals surface area contributed by atoms with E-state index in [1.165, 1.54) is 12.3 Å². The maximum atomic E-state index is 10.9. The first-order valence-corrected chi connectivity index (χ1v) is 6.46. The Morgan fingerprint density at radius 3 is 2.67 bits per heavy atom. The zero-order chi connectivity index (χ0) is 15.2. The molecule has 0 aliphatic heterocycles. The molecule has 0 fully saturated rings. The molecule has 0 radical (unpaired) electrons. The van der Waals surface area contributed by atoms with E-state index >= 15 is 0 Å². The standard InChI is InChI=1S/C15H15N3O3/c1-2-11-8-12(15(19)14(9-11)18(20)21)10-16-17-13-6-4-3-5-7-13/h3-10,17,19H,2H2,1H3. The number of benzene rings is 2. The van der Waals surface area contributed by atoms with E-state index in [0.29, 0.717) is 12.0 Å². The van der Waals surface area contributed by atoms with Gasteiger partial charge in [0.1, 0.15) is 0 Å². The summed E-state index contributed by atoms with van der Waals surface area (Å²) in [4.78, 5) is 10.3. The average Bonchev–Trinajstić information content (AvgIpc) is 2.49. The summed E-state index contributed by atoms with van der Waals surface area (Å²) in [5.74, 6) is -0.379. The van der Waals surface area contributed by atoms with Crippen LogP contribution in [0.5, 0.6) is 5.75 Å². The Morgan fingerprint density at radius 2 is 2.05 bits per heavy atom. The number of phenolic OH excluding ortho intramolecular Hbond substituents is 1. The van der Waals surface area contributed by atoms with Crippen LogP contribution >= 0.6 is 0 Å². The lowest BCUT2D eigenvalue weighted by molar-refractivity contribution is -0.385. The zero-order valence-electron chi connectivity index (χ0n) is 11.5. The van der Waals surface area contributed by atoms with Gasteiger partial charge in [0.25, 0.3) is 0 Å². The van der Waals surface area contributed by atoms with Crippen LogP contribution in [0.25, 0.3) is 0 Å².